The number of nitrogens with one attached hydrogen (secondary N) is 1. The van der Waals surface area contributed by atoms with Crippen molar-refractivity contribution in [3.63, 3.8) is 0 Å². The fourth-order valence-electron chi connectivity index (χ4n) is 2.55. The normalized spacial score (nSPS) is 12.8. The van der Waals surface area contributed by atoms with Crippen LogP contribution in [0.1, 0.15) is 6.92 Å². The molecule has 0 aliphatic carbocycles. The number of carbonyl (C=O) groups excluding carboxylic acids is 2. The zero-order valence-corrected chi connectivity index (χ0v) is 14.4. The molecule has 1 aliphatic heterocycles. The molecule has 0 saturated carbocycles. The van der Waals surface area contributed by atoms with Gasteiger partial charge >= 0.3 is 0 Å². The summed E-state index contributed by atoms with van der Waals surface area (Å²) in [5.41, 5.74) is 0.333. The third kappa shape index (κ3) is 3.94. The lowest BCUT2D eigenvalue weighted by atomic mass is 10.2. The van der Waals surface area contributed by atoms with Crippen molar-refractivity contribution < 1.29 is 24.0 Å². The van der Waals surface area contributed by atoms with E-state index in [-0.39, 0.29) is 30.4 Å². The summed E-state index contributed by atoms with van der Waals surface area (Å²) in [6.45, 7) is 1.57. The second-order valence-corrected chi connectivity index (χ2v) is 5.52. The fraction of sp³-hybridized carbons (Fsp3) is 0.235. The lowest BCUT2D eigenvalue weighted by molar-refractivity contribution is -0.384. The second kappa shape index (κ2) is 7.68. The summed E-state index contributed by atoms with van der Waals surface area (Å²) < 4.78 is 10.6. The van der Waals surface area contributed by atoms with E-state index in [0.29, 0.717) is 18.0 Å². The molecule has 2 aromatic rings. The average Bonchev–Trinajstić information content (AvgIpc) is 2.65. The average molecular weight is 372 g/mol. The zero-order chi connectivity index (χ0) is 19.4. The number of hydrogen-bond acceptors (Lipinski definition) is 7. The number of benzene rings is 1. The molecule has 0 fully saturated rings. The van der Waals surface area contributed by atoms with Gasteiger partial charge in [-0.05, 0) is 25.1 Å². The number of non-ortho nitro benzene ring substituents is 1. The van der Waals surface area contributed by atoms with E-state index in [0.717, 1.165) is 4.90 Å². The quantitative estimate of drug-likeness (QED) is 0.605. The molecule has 1 aliphatic rings. The Morgan fingerprint density at radius 2 is 2.26 bits per heavy atom. The Hall–Kier alpha value is -3.69. The van der Waals surface area contributed by atoms with E-state index in [1.807, 2.05) is 0 Å². The van der Waals surface area contributed by atoms with Gasteiger partial charge in [-0.1, -0.05) is 0 Å². The third-order valence-electron chi connectivity index (χ3n) is 3.72. The Morgan fingerprint density at radius 1 is 1.44 bits per heavy atom. The minimum Gasteiger partial charge on any atom is -0.482 e. The van der Waals surface area contributed by atoms with Crippen molar-refractivity contribution in [2.75, 3.05) is 30.0 Å². The first-order chi connectivity index (χ1) is 13.0. The van der Waals surface area contributed by atoms with Gasteiger partial charge in [-0.15, -0.1) is 0 Å². The molecular formula is C17H16N4O6. The number of pyridine rings is 1. The number of hydrogen-bond donors (Lipinski definition) is 1. The van der Waals surface area contributed by atoms with Gasteiger partial charge in [0.05, 0.1) is 17.2 Å². The number of aromatic nitrogens is 1. The van der Waals surface area contributed by atoms with Crippen molar-refractivity contribution in [2.24, 2.45) is 0 Å². The number of rotatable bonds is 6. The van der Waals surface area contributed by atoms with Gasteiger partial charge in [-0.2, -0.15) is 0 Å². The molecule has 2 heterocycles. The van der Waals surface area contributed by atoms with E-state index in [1.165, 1.54) is 24.4 Å². The Morgan fingerprint density at radius 3 is 3.00 bits per heavy atom. The first-order valence-corrected chi connectivity index (χ1v) is 8.09. The maximum absolute atomic E-state index is 12.4. The summed E-state index contributed by atoms with van der Waals surface area (Å²) in [7, 11) is 0. The molecule has 0 bridgehead atoms. The number of ether oxygens (including phenoxy) is 2. The Labute approximate surface area is 153 Å². The molecule has 10 nitrogen and oxygen atoms in total. The molecule has 27 heavy (non-hydrogen) atoms. The molecule has 2 amide bonds. The first kappa shape index (κ1) is 18.1. The summed E-state index contributed by atoms with van der Waals surface area (Å²) in [6, 6.07) is 7.14. The topological polar surface area (TPSA) is 124 Å². The highest BCUT2D eigenvalue weighted by Gasteiger charge is 2.29. The van der Waals surface area contributed by atoms with Gasteiger partial charge < -0.3 is 14.8 Å². The van der Waals surface area contributed by atoms with Gasteiger partial charge in [-0.25, -0.2) is 4.98 Å². The highest BCUT2D eigenvalue weighted by atomic mass is 16.6. The van der Waals surface area contributed by atoms with E-state index in [1.54, 1.807) is 19.1 Å². The number of nitro groups is 1. The Balaban J connectivity index is 1.81. The maximum atomic E-state index is 12.4. The monoisotopic (exact) mass is 372 g/mol. The Kier molecular flexibility index (Phi) is 5.15. The van der Waals surface area contributed by atoms with Crippen molar-refractivity contribution in [3.05, 3.63) is 46.6 Å². The predicted octanol–water partition coefficient (Wildman–Crippen LogP) is 1.75. The summed E-state index contributed by atoms with van der Waals surface area (Å²) in [6.07, 6.45) is 1.53. The minimum atomic E-state index is -0.582. The van der Waals surface area contributed by atoms with Gasteiger partial charge in [0.1, 0.15) is 18.0 Å². The molecule has 1 aromatic carbocycles. The van der Waals surface area contributed by atoms with E-state index in [4.69, 9.17) is 9.47 Å². The van der Waals surface area contributed by atoms with Crippen LogP contribution in [0.3, 0.4) is 0 Å². The van der Waals surface area contributed by atoms with Crippen LogP contribution in [0.5, 0.6) is 11.6 Å². The molecule has 1 N–H and O–H groups in total. The molecule has 0 radical (unpaired) electrons. The molecular weight excluding hydrogens is 356 g/mol. The molecule has 0 spiro atoms. The fourth-order valence-corrected chi connectivity index (χ4v) is 2.55. The lowest BCUT2D eigenvalue weighted by Gasteiger charge is -2.28. The number of nitro benzene ring substituents is 1. The van der Waals surface area contributed by atoms with Crippen LogP contribution in [0.25, 0.3) is 0 Å². The van der Waals surface area contributed by atoms with Gasteiger partial charge in [0.2, 0.25) is 11.8 Å². The number of nitrogens with zero attached hydrogens (tertiary/aromatic N) is 3. The second-order valence-electron chi connectivity index (χ2n) is 5.52. The van der Waals surface area contributed by atoms with E-state index in [9.17, 15) is 19.7 Å². The zero-order valence-electron chi connectivity index (χ0n) is 14.4. The van der Waals surface area contributed by atoms with Gasteiger partial charge in [0.15, 0.2) is 6.61 Å². The van der Waals surface area contributed by atoms with E-state index >= 15 is 0 Å². The number of amides is 2. The summed E-state index contributed by atoms with van der Waals surface area (Å²) >= 11 is 0. The van der Waals surface area contributed by atoms with Crippen molar-refractivity contribution in [1.29, 1.82) is 0 Å². The van der Waals surface area contributed by atoms with Crippen molar-refractivity contribution >= 4 is 28.9 Å². The van der Waals surface area contributed by atoms with E-state index in [2.05, 4.69) is 10.3 Å². The smallest absolute Gasteiger partial charge is 0.271 e. The summed E-state index contributed by atoms with van der Waals surface area (Å²) in [4.78, 5) is 40.3. The van der Waals surface area contributed by atoms with Crippen LogP contribution in [-0.4, -0.2) is 41.5 Å². The van der Waals surface area contributed by atoms with Crippen LogP contribution in [0.2, 0.25) is 0 Å². The summed E-state index contributed by atoms with van der Waals surface area (Å²) in [5, 5.41) is 13.6. The van der Waals surface area contributed by atoms with Crippen molar-refractivity contribution in [2.45, 2.75) is 6.92 Å². The van der Waals surface area contributed by atoms with Gasteiger partial charge in [-0.3, -0.25) is 24.6 Å². The number of carbonyl (C=O) groups is 2. The molecule has 3 rings (SSSR count). The molecule has 0 unspecified atom stereocenters. The lowest BCUT2D eigenvalue weighted by Crippen LogP contribution is -2.43. The summed E-state index contributed by atoms with van der Waals surface area (Å²) in [5.74, 6) is -0.423. The largest absolute Gasteiger partial charge is 0.482 e. The molecule has 140 valence electrons. The molecule has 1 aromatic heterocycles. The van der Waals surface area contributed by atoms with Gasteiger partial charge in [0, 0.05) is 18.3 Å². The number of fused-ring (bicyclic) bond motifs is 1. The van der Waals surface area contributed by atoms with Gasteiger partial charge in [0.25, 0.3) is 11.6 Å². The molecule has 10 heteroatoms. The van der Waals surface area contributed by atoms with Crippen molar-refractivity contribution in [1.82, 2.24) is 4.98 Å². The standard InChI is InChI=1S/C17H16N4O6/c1-2-26-17-12(4-3-7-18-17)19-15(22)9-20-13-8-11(21(24)25)5-6-14(13)27-10-16(20)23/h3-8H,2,9-10H2,1H3,(H,19,22). The highest BCUT2D eigenvalue weighted by Crippen LogP contribution is 2.35. The first-order valence-electron chi connectivity index (χ1n) is 8.09. The van der Waals surface area contributed by atoms with Crippen LogP contribution in [0.15, 0.2) is 36.5 Å². The predicted molar refractivity (Wildman–Crippen MR) is 95.0 cm³/mol. The van der Waals surface area contributed by atoms with Crippen LogP contribution < -0.4 is 19.7 Å². The molecule has 0 saturated heterocycles. The SMILES string of the molecule is CCOc1ncccc1NC(=O)CN1C(=O)COc2ccc([N+](=O)[O-])cc21. The highest BCUT2D eigenvalue weighted by molar-refractivity contribution is 6.05. The van der Waals surface area contributed by atoms with Crippen LogP contribution in [-0.2, 0) is 9.59 Å². The van der Waals surface area contributed by atoms with Crippen LogP contribution >= 0.6 is 0 Å². The number of anilines is 2. The van der Waals surface area contributed by atoms with Crippen LogP contribution in [0.4, 0.5) is 17.1 Å². The van der Waals surface area contributed by atoms with E-state index < -0.39 is 16.7 Å². The third-order valence-corrected chi connectivity index (χ3v) is 3.72. The van der Waals surface area contributed by atoms with Crippen molar-refractivity contribution in [3.8, 4) is 11.6 Å². The maximum Gasteiger partial charge on any atom is 0.271 e. The molecule has 0 atom stereocenters. The minimum absolute atomic E-state index is 0.173. The van der Waals surface area contributed by atoms with Crippen LogP contribution in [0, 0.1) is 10.1 Å². The Bertz CT molecular complexity index is 901.